The van der Waals surface area contributed by atoms with E-state index >= 15 is 0 Å². The Morgan fingerprint density at radius 1 is 1.14 bits per heavy atom. The van der Waals surface area contributed by atoms with E-state index in [1.54, 1.807) is 35.3 Å². The number of benzene rings is 2. The molecule has 0 amide bonds. The second kappa shape index (κ2) is 10.2. The number of aliphatic hydroxyl groups excluding tert-OH is 1. The normalized spacial score (nSPS) is 12.1. The molecule has 12 heteroatoms. The molecule has 0 saturated carbocycles. The molecule has 2 heterocycles. The summed E-state index contributed by atoms with van der Waals surface area (Å²) in [6.07, 6.45) is 0.307. The van der Waals surface area contributed by atoms with E-state index in [1.807, 2.05) is 6.92 Å². The van der Waals surface area contributed by atoms with Gasteiger partial charge in [0.15, 0.2) is 0 Å². The Morgan fingerprint density at radius 2 is 1.92 bits per heavy atom. The highest BCUT2D eigenvalue weighted by molar-refractivity contribution is 5.64. The number of nitrogens with one attached hydrogen (secondary N) is 1. The first-order chi connectivity index (χ1) is 17.2. The van der Waals surface area contributed by atoms with Gasteiger partial charge in [-0.25, -0.2) is 27.2 Å². The van der Waals surface area contributed by atoms with Crippen molar-refractivity contribution in [1.82, 2.24) is 19.3 Å². The van der Waals surface area contributed by atoms with Gasteiger partial charge in [0.25, 0.3) is 12.0 Å². The predicted molar refractivity (Wildman–Crippen MR) is 123 cm³/mol. The Labute approximate surface area is 202 Å². The average Bonchev–Trinajstić information content (AvgIpc) is 3.28. The van der Waals surface area contributed by atoms with Crippen LogP contribution in [0, 0.1) is 18.6 Å². The molecular formula is C24H21F4N5O3. The molecular weight excluding hydrogens is 482 g/mol. The second-order valence-electron chi connectivity index (χ2n) is 7.83. The number of hydrogen-bond donors (Lipinski definition) is 2. The van der Waals surface area contributed by atoms with Gasteiger partial charge in [-0.2, -0.15) is 5.10 Å². The molecule has 36 heavy (non-hydrogen) atoms. The molecule has 2 aromatic heterocycles. The van der Waals surface area contributed by atoms with E-state index in [2.05, 4.69) is 15.4 Å². The lowest BCUT2D eigenvalue weighted by Gasteiger charge is -2.20. The fourth-order valence-electron chi connectivity index (χ4n) is 3.70. The zero-order valence-electron chi connectivity index (χ0n) is 19.1. The van der Waals surface area contributed by atoms with Gasteiger partial charge in [-0.3, -0.25) is 4.79 Å². The molecule has 2 aromatic carbocycles. The van der Waals surface area contributed by atoms with Gasteiger partial charge in [0.05, 0.1) is 31.4 Å². The van der Waals surface area contributed by atoms with Gasteiger partial charge in [0.1, 0.15) is 34.8 Å². The van der Waals surface area contributed by atoms with E-state index in [-0.39, 0.29) is 11.3 Å². The van der Waals surface area contributed by atoms with E-state index in [4.69, 9.17) is 4.74 Å². The van der Waals surface area contributed by atoms with E-state index < -0.39 is 42.0 Å². The molecule has 188 valence electrons. The summed E-state index contributed by atoms with van der Waals surface area (Å²) in [5.41, 5.74) is -0.507. The Kier molecular flexibility index (Phi) is 7.06. The maximum atomic E-state index is 14.4. The van der Waals surface area contributed by atoms with Gasteiger partial charge < -0.3 is 19.7 Å². The minimum absolute atomic E-state index is 0.285. The first kappa shape index (κ1) is 24.9. The molecule has 4 aromatic rings. The minimum Gasteiger partial charge on any atom is -0.494 e. The fraction of sp³-hybridized carbons (Fsp3) is 0.208. The molecule has 8 nitrogen and oxygen atoms in total. The van der Waals surface area contributed by atoms with Crippen molar-refractivity contribution >= 4 is 11.4 Å². The van der Waals surface area contributed by atoms with Gasteiger partial charge >= 0.3 is 0 Å². The van der Waals surface area contributed by atoms with Crippen LogP contribution in [0.1, 0.15) is 29.4 Å². The van der Waals surface area contributed by atoms with Gasteiger partial charge in [-0.1, -0.05) is 6.07 Å². The quantitative estimate of drug-likeness (QED) is 0.349. The molecule has 0 aliphatic heterocycles. The zero-order valence-corrected chi connectivity index (χ0v) is 19.1. The highest BCUT2D eigenvalue weighted by Gasteiger charge is 2.24. The molecule has 0 unspecified atom stereocenters. The Balaban J connectivity index is 1.77. The van der Waals surface area contributed by atoms with E-state index in [0.717, 1.165) is 23.9 Å². The van der Waals surface area contributed by atoms with Crippen LogP contribution in [0.3, 0.4) is 0 Å². The van der Waals surface area contributed by atoms with Crippen LogP contribution >= 0.6 is 0 Å². The first-order valence-corrected chi connectivity index (χ1v) is 10.7. The second-order valence-corrected chi connectivity index (χ2v) is 7.83. The van der Waals surface area contributed by atoms with Crippen LogP contribution in [0.5, 0.6) is 5.75 Å². The van der Waals surface area contributed by atoms with Crippen molar-refractivity contribution in [1.29, 1.82) is 0 Å². The minimum atomic E-state index is -3.07. The maximum absolute atomic E-state index is 14.4. The molecule has 2 N–H and O–H groups in total. The standard InChI is InChI=1S/C24H21F4N5O3/c1-13-10-32(12-29-13)20-6-4-15(8-22(20)36-2)30-19-9-18(23(27)28)31-33(24(19)35)21(11-34)16-5-3-14(25)7-17(16)26/h3-10,12,21,23,30,34H,11H2,1-2H3/t21-/m0/s1. The van der Waals surface area contributed by atoms with E-state index in [1.165, 1.54) is 7.11 Å². The number of nitrogens with zero attached hydrogens (tertiary/aromatic N) is 4. The number of imidazole rings is 1. The highest BCUT2D eigenvalue weighted by atomic mass is 19.3. The molecule has 0 aliphatic carbocycles. The lowest BCUT2D eigenvalue weighted by Crippen LogP contribution is -2.33. The maximum Gasteiger partial charge on any atom is 0.291 e. The van der Waals surface area contributed by atoms with Crippen molar-refractivity contribution in [2.45, 2.75) is 19.4 Å². The summed E-state index contributed by atoms with van der Waals surface area (Å²) in [6.45, 7) is 0.972. The number of anilines is 2. The van der Waals surface area contributed by atoms with Crippen LogP contribution < -0.4 is 15.6 Å². The number of aliphatic hydroxyl groups is 1. The number of alkyl halides is 2. The molecule has 4 rings (SSSR count). The molecule has 0 fully saturated rings. The molecule has 0 spiro atoms. The lowest BCUT2D eigenvalue weighted by atomic mass is 10.1. The smallest absolute Gasteiger partial charge is 0.291 e. The average molecular weight is 503 g/mol. The molecule has 0 aliphatic rings. The Morgan fingerprint density at radius 3 is 2.53 bits per heavy atom. The number of ether oxygens (including phenoxy) is 1. The molecule has 1 atom stereocenters. The number of halogens is 4. The van der Waals surface area contributed by atoms with Crippen LogP contribution in [0.2, 0.25) is 0 Å². The molecule has 0 saturated heterocycles. The van der Waals surface area contributed by atoms with Crippen molar-refractivity contribution in [2.24, 2.45) is 0 Å². The van der Waals surface area contributed by atoms with Crippen LogP contribution in [0.25, 0.3) is 5.69 Å². The topological polar surface area (TPSA) is 94.2 Å². The Hall–Kier alpha value is -4.19. The number of aromatic nitrogens is 4. The number of hydrogen-bond acceptors (Lipinski definition) is 6. The van der Waals surface area contributed by atoms with Crippen LogP contribution in [0.15, 0.2) is 59.8 Å². The summed E-state index contributed by atoms with van der Waals surface area (Å²) in [5.74, 6) is -1.53. The number of rotatable bonds is 8. The number of methoxy groups -OCH3 is 1. The largest absolute Gasteiger partial charge is 0.494 e. The van der Waals surface area contributed by atoms with Gasteiger partial charge in [0, 0.05) is 29.6 Å². The van der Waals surface area contributed by atoms with Crippen LogP contribution in [-0.2, 0) is 0 Å². The van der Waals surface area contributed by atoms with E-state index in [0.29, 0.717) is 27.9 Å². The van der Waals surface area contributed by atoms with E-state index in [9.17, 15) is 27.5 Å². The third-order valence-electron chi connectivity index (χ3n) is 5.42. The monoisotopic (exact) mass is 503 g/mol. The summed E-state index contributed by atoms with van der Waals surface area (Å²) >= 11 is 0. The van der Waals surface area contributed by atoms with Crippen molar-refractivity contribution in [3.8, 4) is 11.4 Å². The van der Waals surface area contributed by atoms with Crippen molar-refractivity contribution in [3.05, 3.63) is 93.9 Å². The highest BCUT2D eigenvalue weighted by Crippen LogP contribution is 2.29. The van der Waals surface area contributed by atoms with Crippen molar-refractivity contribution in [3.63, 3.8) is 0 Å². The molecule has 0 radical (unpaired) electrons. The summed E-state index contributed by atoms with van der Waals surface area (Å²) in [5, 5.41) is 16.3. The van der Waals surface area contributed by atoms with Crippen LogP contribution in [0.4, 0.5) is 28.9 Å². The van der Waals surface area contributed by atoms with Gasteiger partial charge in [-0.15, -0.1) is 0 Å². The zero-order chi connectivity index (χ0) is 26.0. The summed E-state index contributed by atoms with van der Waals surface area (Å²) in [7, 11) is 1.45. The number of aryl methyl sites for hydroxylation is 1. The molecule has 0 bridgehead atoms. The third-order valence-corrected chi connectivity index (χ3v) is 5.42. The third kappa shape index (κ3) is 4.93. The Bertz CT molecular complexity index is 1450. The summed E-state index contributed by atoms with van der Waals surface area (Å²) in [4.78, 5) is 17.4. The SMILES string of the molecule is COc1cc(Nc2cc(C(F)F)nn([C@@H](CO)c3ccc(F)cc3F)c2=O)ccc1-n1cnc(C)c1. The summed E-state index contributed by atoms with van der Waals surface area (Å²) < 4.78 is 62.8. The summed E-state index contributed by atoms with van der Waals surface area (Å²) in [6, 6.07) is 6.75. The van der Waals surface area contributed by atoms with Gasteiger partial charge in [0.2, 0.25) is 0 Å². The first-order valence-electron chi connectivity index (χ1n) is 10.7. The van der Waals surface area contributed by atoms with Crippen molar-refractivity contribution < 1.29 is 27.4 Å². The lowest BCUT2D eigenvalue weighted by molar-refractivity contribution is 0.140. The van der Waals surface area contributed by atoms with Crippen LogP contribution in [-0.4, -0.2) is 38.2 Å². The predicted octanol–water partition coefficient (Wildman–Crippen LogP) is 4.29. The van der Waals surface area contributed by atoms with Gasteiger partial charge in [-0.05, 0) is 31.2 Å². The fourth-order valence-corrected chi connectivity index (χ4v) is 3.70. The van der Waals surface area contributed by atoms with Crippen molar-refractivity contribution in [2.75, 3.05) is 19.0 Å².